The number of anilines is 1. The van der Waals surface area contributed by atoms with Gasteiger partial charge in [0.25, 0.3) is 10.0 Å². The summed E-state index contributed by atoms with van der Waals surface area (Å²) in [5.41, 5.74) is 1.40. The molecule has 0 unspecified atom stereocenters. The first-order chi connectivity index (χ1) is 9.03. The van der Waals surface area contributed by atoms with Crippen LogP contribution in [0.25, 0.3) is 0 Å². The Labute approximate surface area is 111 Å². The minimum absolute atomic E-state index is 0.00798. The maximum atomic E-state index is 12.1. The Balaban J connectivity index is 2.35. The number of aliphatic hydroxyl groups excluding tert-OH is 1. The first-order valence-corrected chi connectivity index (χ1v) is 7.01. The van der Waals surface area contributed by atoms with E-state index in [9.17, 15) is 8.42 Å². The van der Waals surface area contributed by atoms with Gasteiger partial charge in [0.05, 0.1) is 11.5 Å². The highest BCUT2D eigenvalue weighted by Crippen LogP contribution is 2.17. The Hall–Kier alpha value is -1.99. The molecule has 7 heteroatoms. The van der Waals surface area contributed by atoms with Crippen LogP contribution in [0.3, 0.4) is 0 Å². The van der Waals surface area contributed by atoms with E-state index in [4.69, 9.17) is 5.11 Å². The van der Waals surface area contributed by atoms with Gasteiger partial charge in [-0.05, 0) is 36.2 Å². The van der Waals surface area contributed by atoms with Crippen molar-refractivity contribution in [1.82, 2.24) is 9.97 Å². The third kappa shape index (κ3) is 3.07. The number of sulfonamides is 1. The summed E-state index contributed by atoms with van der Waals surface area (Å²) in [7, 11) is -3.75. The van der Waals surface area contributed by atoms with Crippen LogP contribution in [-0.2, 0) is 16.6 Å². The predicted molar refractivity (Wildman–Crippen MR) is 69.9 cm³/mol. The number of nitrogens with zero attached hydrogens (tertiary/aromatic N) is 2. The van der Waals surface area contributed by atoms with Gasteiger partial charge < -0.3 is 5.11 Å². The summed E-state index contributed by atoms with van der Waals surface area (Å²) < 4.78 is 26.5. The van der Waals surface area contributed by atoms with Crippen LogP contribution < -0.4 is 4.72 Å². The number of aromatic nitrogens is 2. The quantitative estimate of drug-likeness (QED) is 0.873. The molecule has 0 amide bonds. The molecule has 0 atom stereocenters. The molecule has 1 heterocycles. The first-order valence-electron chi connectivity index (χ1n) is 5.53. The molecule has 0 spiro atoms. The molecule has 0 saturated carbocycles. The van der Waals surface area contributed by atoms with Crippen molar-refractivity contribution in [2.75, 3.05) is 4.72 Å². The van der Waals surface area contributed by atoms with Gasteiger partial charge in [0, 0.05) is 12.4 Å². The van der Waals surface area contributed by atoms with Gasteiger partial charge >= 0.3 is 0 Å². The highest BCUT2D eigenvalue weighted by Gasteiger charge is 2.16. The van der Waals surface area contributed by atoms with Crippen molar-refractivity contribution in [2.24, 2.45) is 0 Å². The smallest absolute Gasteiger partial charge is 0.264 e. The SMILES string of the molecule is Cc1ccc(S(=O)(=O)Nc2ncccn2)cc1CO. The molecule has 0 saturated heterocycles. The summed E-state index contributed by atoms with van der Waals surface area (Å²) in [5.74, 6) is 0.00798. The third-order valence-electron chi connectivity index (χ3n) is 2.59. The molecule has 0 aliphatic rings. The van der Waals surface area contributed by atoms with Crippen molar-refractivity contribution >= 4 is 16.0 Å². The van der Waals surface area contributed by atoms with Crippen LogP contribution in [0.2, 0.25) is 0 Å². The Kier molecular flexibility index (Phi) is 3.77. The lowest BCUT2D eigenvalue weighted by atomic mass is 10.1. The second kappa shape index (κ2) is 5.33. The van der Waals surface area contributed by atoms with E-state index < -0.39 is 10.0 Å². The van der Waals surface area contributed by atoms with E-state index in [0.29, 0.717) is 5.56 Å². The number of hydrogen-bond acceptors (Lipinski definition) is 5. The molecule has 0 fully saturated rings. The van der Waals surface area contributed by atoms with Gasteiger partial charge in [0.15, 0.2) is 0 Å². The van der Waals surface area contributed by atoms with Crippen LogP contribution in [0.5, 0.6) is 0 Å². The summed E-state index contributed by atoms with van der Waals surface area (Å²) in [6.45, 7) is 1.59. The lowest BCUT2D eigenvalue weighted by Gasteiger charge is -2.09. The Morgan fingerprint density at radius 2 is 1.95 bits per heavy atom. The highest BCUT2D eigenvalue weighted by molar-refractivity contribution is 7.92. The average molecular weight is 279 g/mol. The fraction of sp³-hybridized carbons (Fsp3) is 0.167. The number of aliphatic hydroxyl groups is 1. The van der Waals surface area contributed by atoms with Crippen molar-refractivity contribution in [1.29, 1.82) is 0 Å². The molecule has 2 aromatic rings. The lowest BCUT2D eigenvalue weighted by Crippen LogP contribution is -2.15. The van der Waals surface area contributed by atoms with Gasteiger partial charge in [0.2, 0.25) is 5.95 Å². The van der Waals surface area contributed by atoms with E-state index in [-0.39, 0.29) is 17.5 Å². The van der Waals surface area contributed by atoms with Crippen LogP contribution in [-0.4, -0.2) is 23.5 Å². The van der Waals surface area contributed by atoms with Crippen molar-refractivity contribution in [3.05, 3.63) is 47.8 Å². The van der Waals surface area contributed by atoms with E-state index in [1.165, 1.54) is 24.5 Å². The van der Waals surface area contributed by atoms with Gasteiger partial charge in [-0.15, -0.1) is 0 Å². The monoisotopic (exact) mass is 279 g/mol. The van der Waals surface area contributed by atoms with E-state index >= 15 is 0 Å². The van der Waals surface area contributed by atoms with Crippen LogP contribution in [0.1, 0.15) is 11.1 Å². The van der Waals surface area contributed by atoms with E-state index in [1.54, 1.807) is 19.1 Å². The van der Waals surface area contributed by atoms with E-state index in [1.807, 2.05) is 0 Å². The standard InChI is InChI=1S/C12H13N3O3S/c1-9-3-4-11(7-10(9)8-16)19(17,18)15-12-13-5-2-6-14-12/h2-7,16H,8H2,1H3,(H,13,14,15). The summed E-state index contributed by atoms with van der Waals surface area (Å²) in [4.78, 5) is 7.66. The van der Waals surface area contributed by atoms with Gasteiger partial charge in [-0.25, -0.2) is 23.1 Å². The van der Waals surface area contributed by atoms with Crippen LogP contribution in [0.4, 0.5) is 5.95 Å². The molecule has 2 rings (SSSR count). The first kappa shape index (κ1) is 13.4. The Morgan fingerprint density at radius 3 is 2.58 bits per heavy atom. The van der Waals surface area contributed by atoms with Gasteiger partial charge in [-0.3, -0.25) is 0 Å². The number of hydrogen-bond donors (Lipinski definition) is 2. The molecule has 100 valence electrons. The summed E-state index contributed by atoms with van der Waals surface area (Å²) >= 11 is 0. The Morgan fingerprint density at radius 1 is 1.26 bits per heavy atom. The predicted octanol–water partition coefficient (Wildman–Crippen LogP) is 1.08. The zero-order valence-electron chi connectivity index (χ0n) is 10.2. The molecule has 1 aromatic heterocycles. The second-order valence-electron chi connectivity index (χ2n) is 3.92. The highest BCUT2D eigenvalue weighted by atomic mass is 32.2. The van der Waals surface area contributed by atoms with Crippen LogP contribution >= 0.6 is 0 Å². The molecular weight excluding hydrogens is 266 g/mol. The normalized spacial score (nSPS) is 11.3. The fourth-order valence-corrected chi connectivity index (χ4v) is 2.52. The second-order valence-corrected chi connectivity index (χ2v) is 5.61. The summed E-state index contributed by atoms with van der Waals surface area (Å²) in [6.07, 6.45) is 2.89. The average Bonchev–Trinajstić information content (AvgIpc) is 2.39. The van der Waals surface area contributed by atoms with E-state index in [0.717, 1.165) is 5.56 Å². The zero-order valence-corrected chi connectivity index (χ0v) is 11.1. The Bertz CT molecular complexity index is 672. The van der Waals surface area contributed by atoms with Gasteiger partial charge in [0.1, 0.15) is 0 Å². The minimum atomic E-state index is -3.75. The maximum Gasteiger partial charge on any atom is 0.264 e. The molecule has 0 aliphatic carbocycles. The summed E-state index contributed by atoms with van der Waals surface area (Å²) in [5, 5.41) is 9.16. The number of aryl methyl sites for hydroxylation is 1. The van der Waals surface area contributed by atoms with Crippen molar-refractivity contribution in [3.63, 3.8) is 0 Å². The van der Waals surface area contributed by atoms with Crippen LogP contribution in [0, 0.1) is 6.92 Å². The topological polar surface area (TPSA) is 92.2 Å². The molecule has 0 bridgehead atoms. The molecule has 2 N–H and O–H groups in total. The number of rotatable bonds is 4. The molecule has 0 radical (unpaired) electrons. The van der Waals surface area contributed by atoms with Gasteiger partial charge in [-0.1, -0.05) is 6.07 Å². The zero-order chi connectivity index (χ0) is 13.9. The maximum absolute atomic E-state index is 12.1. The van der Waals surface area contributed by atoms with Crippen molar-refractivity contribution < 1.29 is 13.5 Å². The molecular formula is C12H13N3O3S. The number of benzene rings is 1. The third-order valence-corrected chi connectivity index (χ3v) is 3.92. The van der Waals surface area contributed by atoms with Gasteiger partial charge in [-0.2, -0.15) is 0 Å². The largest absolute Gasteiger partial charge is 0.392 e. The minimum Gasteiger partial charge on any atom is -0.392 e. The number of nitrogens with one attached hydrogen (secondary N) is 1. The molecule has 6 nitrogen and oxygen atoms in total. The summed E-state index contributed by atoms with van der Waals surface area (Å²) in [6, 6.07) is 6.14. The van der Waals surface area contributed by atoms with Crippen molar-refractivity contribution in [2.45, 2.75) is 18.4 Å². The van der Waals surface area contributed by atoms with Crippen LogP contribution in [0.15, 0.2) is 41.6 Å². The molecule has 19 heavy (non-hydrogen) atoms. The molecule has 0 aliphatic heterocycles. The fourth-order valence-electron chi connectivity index (χ4n) is 1.52. The molecule has 1 aromatic carbocycles. The lowest BCUT2D eigenvalue weighted by molar-refractivity contribution is 0.281. The van der Waals surface area contributed by atoms with E-state index in [2.05, 4.69) is 14.7 Å². The van der Waals surface area contributed by atoms with Crippen molar-refractivity contribution in [3.8, 4) is 0 Å².